The van der Waals surface area contributed by atoms with E-state index in [9.17, 15) is 0 Å². The van der Waals surface area contributed by atoms with Crippen LogP contribution >= 0.6 is 0 Å². The van der Waals surface area contributed by atoms with Crippen molar-refractivity contribution in [1.29, 1.82) is 0 Å². The van der Waals surface area contributed by atoms with Gasteiger partial charge in [0.2, 0.25) is 0 Å². The Balaban J connectivity index is 0.000000200. The first-order valence-electron chi connectivity index (χ1n) is 15.5. The van der Waals surface area contributed by atoms with E-state index in [0.29, 0.717) is 11.8 Å². The Morgan fingerprint density at radius 3 is 1.24 bits per heavy atom. The molecule has 6 rings (SSSR count). The third-order valence-corrected chi connectivity index (χ3v) is 7.98. The number of aromatic nitrogens is 6. The van der Waals surface area contributed by atoms with Gasteiger partial charge in [-0.15, -0.1) is 0 Å². The van der Waals surface area contributed by atoms with Crippen molar-refractivity contribution in [1.82, 2.24) is 30.4 Å². The van der Waals surface area contributed by atoms with Gasteiger partial charge in [-0.05, 0) is 45.9 Å². The van der Waals surface area contributed by atoms with Crippen LogP contribution in [0.4, 0.5) is 0 Å². The summed E-state index contributed by atoms with van der Waals surface area (Å²) >= 11 is 0. The van der Waals surface area contributed by atoms with Crippen molar-refractivity contribution in [2.24, 2.45) is 0 Å². The van der Waals surface area contributed by atoms with E-state index in [2.05, 4.69) is 148 Å². The topological polar surface area (TPSA) is 79.8 Å². The van der Waals surface area contributed by atoms with Crippen molar-refractivity contribution in [3.8, 4) is 22.8 Å². The molecule has 6 nitrogen and oxygen atoms in total. The number of benzene rings is 2. The summed E-state index contributed by atoms with van der Waals surface area (Å²) < 4.78 is 0. The molecule has 0 saturated heterocycles. The van der Waals surface area contributed by atoms with E-state index in [1.165, 1.54) is 32.7 Å². The van der Waals surface area contributed by atoms with Gasteiger partial charge >= 0.3 is 21.1 Å². The molecule has 0 saturated carbocycles. The second kappa shape index (κ2) is 13.4. The summed E-state index contributed by atoms with van der Waals surface area (Å²) in [4.78, 5) is 9.14. The van der Waals surface area contributed by atoms with Crippen LogP contribution in [0.15, 0.2) is 73.1 Å². The molecule has 0 spiro atoms. The van der Waals surface area contributed by atoms with Crippen LogP contribution in [-0.4, -0.2) is 20.2 Å². The molecule has 0 aliphatic carbocycles. The Bertz CT molecular complexity index is 1760. The molecule has 45 heavy (non-hydrogen) atoms. The average Bonchev–Trinajstić information content (AvgIpc) is 3.67. The van der Waals surface area contributed by atoms with Crippen LogP contribution < -0.4 is 10.2 Å². The van der Waals surface area contributed by atoms with Crippen molar-refractivity contribution in [2.45, 2.75) is 91.9 Å². The molecule has 0 atom stereocenters. The molecule has 6 aromatic rings. The van der Waals surface area contributed by atoms with Gasteiger partial charge in [-0.2, -0.15) is 0 Å². The van der Waals surface area contributed by atoms with Crippen molar-refractivity contribution in [3.05, 3.63) is 95.6 Å². The summed E-state index contributed by atoms with van der Waals surface area (Å²) in [5, 5.41) is 22.1. The molecule has 4 aromatic heterocycles. The van der Waals surface area contributed by atoms with Gasteiger partial charge < -0.3 is 20.4 Å². The molecule has 4 heterocycles. The first kappa shape index (κ1) is 34.2. The van der Waals surface area contributed by atoms with E-state index in [1.54, 1.807) is 0 Å². The fourth-order valence-electron chi connectivity index (χ4n) is 5.25. The third kappa shape index (κ3) is 7.61. The molecular formula is C38H44N6Pt. The predicted octanol–water partition coefficient (Wildman–Crippen LogP) is 9.35. The zero-order chi connectivity index (χ0) is 31.8. The van der Waals surface area contributed by atoms with Crippen molar-refractivity contribution >= 4 is 21.5 Å². The molecule has 0 unspecified atom stereocenters. The molecule has 0 bridgehead atoms. The molecule has 0 aliphatic heterocycles. The largest absolute Gasteiger partial charge is 2.00 e. The third-order valence-electron chi connectivity index (χ3n) is 7.98. The summed E-state index contributed by atoms with van der Waals surface area (Å²) in [6.07, 6.45) is 3.87. The summed E-state index contributed by atoms with van der Waals surface area (Å²) in [5.41, 5.74) is 8.19. The predicted molar refractivity (Wildman–Crippen MR) is 182 cm³/mol. The number of hydrogen-bond donors (Lipinski definition) is 0. The van der Waals surface area contributed by atoms with Crippen LogP contribution in [0.25, 0.3) is 44.3 Å². The summed E-state index contributed by atoms with van der Waals surface area (Å²) in [5.74, 6) is 0.963. The van der Waals surface area contributed by atoms with Gasteiger partial charge in [-0.1, -0.05) is 129 Å². The Morgan fingerprint density at radius 2 is 0.933 bits per heavy atom. The maximum atomic E-state index is 4.57. The fourth-order valence-corrected chi connectivity index (χ4v) is 5.25. The van der Waals surface area contributed by atoms with Gasteiger partial charge in [0, 0.05) is 45.4 Å². The van der Waals surface area contributed by atoms with Crippen LogP contribution in [-0.2, 0) is 31.9 Å². The van der Waals surface area contributed by atoms with E-state index >= 15 is 0 Å². The van der Waals surface area contributed by atoms with Crippen molar-refractivity contribution < 1.29 is 21.1 Å². The Kier molecular flexibility index (Phi) is 10.2. The molecule has 236 valence electrons. The zero-order valence-corrected chi connectivity index (χ0v) is 30.4. The van der Waals surface area contributed by atoms with E-state index in [4.69, 9.17) is 0 Å². The van der Waals surface area contributed by atoms with Gasteiger partial charge in [-0.3, -0.25) is 9.97 Å². The van der Waals surface area contributed by atoms with Crippen LogP contribution in [0.2, 0.25) is 0 Å². The van der Waals surface area contributed by atoms with Gasteiger partial charge in [0.05, 0.1) is 11.4 Å². The first-order chi connectivity index (χ1) is 20.7. The number of pyridine rings is 2. The molecule has 0 radical (unpaired) electrons. The second-order valence-electron chi connectivity index (χ2n) is 14.3. The monoisotopic (exact) mass is 779 g/mol. The van der Waals surface area contributed by atoms with Gasteiger partial charge in [0.1, 0.15) is 0 Å². The minimum atomic E-state index is 0. The maximum absolute atomic E-state index is 4.57. The average molecular weight is 780 g/mol. The molecule has 2 aromatic carbocycles. The van der Waals surface area contributed by atoms with E-state index in [1.807, 2.05) is 24.5 Å². The molecule has 0 fully saturated rings. The van der Waals surface area contributed by atoms with Crippen molar-refractivity contribution in [3.63, 3.8) is 0 Å². The number of nitrogens with zero attached hydrogens (tertiary/aromatic N) is 6. The Morgan fingerprint density at radius 1 is 0.556 bits per heavy atom. The van der Waals surface area contributed by atoms with Crippen molar-refractivity contribution in [2.75, 3.05) is 0 Å². The van der Waals surface area contributed by atoms with E-state index < -0.39 is 0 Å². The van der Waals surface area contributed by atoms with Gasteiger partial charge in [-0.25, -0.2) is 0 Å². The number of hydrogen-bond acceptors (Lipinski definition) is 4. The molecule has 0 amide bonds. The van der Waals surface area contributed by atoms with Crippen LogP contribution in [0, 0.1) is 0 Å². The SMILES string of the molecule is CC(C)c1cccc2cnc(-c3cc(C(C)(C)C)n[n-]3)cc12.CC(C)c1cccc2cnc(-c3cc(C(C)(C)C)n[n-]3)cc12.[Pt+2]. The van der Waals surface area contributed by atoms with Gasteiger partial charge in [0.15, 0.2) is 0 Å². The molecule has 0 N–H and O–H groups in total. The number of rotatable bonds is 4. The maximum Gasteiger partial charge on any atom is 2.00 e. The minimum absolute atomic E-state index is 0. The smallest absolute Gasteiger partial charge is 0.573 e. The summed E-state index contributed by atoms with van der Waals surface area (Å²) in [7, 11) is 0. The summed E-state index contributed by atoms with van der Waals surface area (Å²) in [6.45, 7) is 21.7. The zero-order valence-electron chi connectivity index (χ0n) is 28.1. The van der Waals surface area contributed by atoms with Crippen LogP contribution in [0.1, 0.15) is 104 Å². The molecule has 0 aliphatic rings. The molecular weight excluding hydrogens is 736 g/mol. The molecule has 7 heteroatoms. The van der Waals surface area contributed by atoms with Crippen LogP contribution in [0.3, 0.4) is 0 Å². The van der Waals surface area contributed by atoms with Gasteiger partial charge in [0.25, 0.3) is 0 Å². The van der Waals surface area contributed by atoms with E-state index in [0.717, 1.165) is 34.2 Å². The van der Waals surface area contributed by atoms with Crippen LogP contribution in [0.5, 0.6) is 0 Å². The van der Waals surface area contributed by atoms with E-state index in [-0.39, 0.29) is 31.9 Å². The fraction of sp³-hybridized carbons (Fsp3) is 0.368. The summed E-state index contributed by atoms with van der Waals surface area (Å²) in [6, 6.07) is 21.2. The Labute approximate surface area is 282 Å². The number of fused-ring (bicyclic) bond motifs is 2. The minimum Gasteiger partial charge on any atom is -0.573 e. The first-order valence-corrected chi connectivity index (χ1v) is 15.5. The second-order valence-corrected chi connectivity index (χ2v) is 14.3. The normalized spacial score (nSPS) is 12.0. The quantitative estimate of drug-likeness (QED) is 0.178. The standard InChI is InChI=1S/2C19H22N3.Pt/c2*1-12(2)14-8-6-7-13-11-20-16(9-15(13)14)17-10-18(22-21-17)19(3,4)5;/h2*6-12H,1-5H3;/q2*-1;+2. The Hall–Kier alpha value is -3.63.